The lowest BCUT2D eigenvalue weighted by Gasteiger charge is -2.30. The number of nitrogens with zero attached hydrogens (tertiary/aromatic N) is 2. The Kier molecular flexibility index (Phi) is 6.06. The molecule has 1 heterocycles. The molecule has 1 rings (SSSR count). The number of pyridine rings is 1. The fourth-order valence-corrected chi connectivity index (χ4v) is 3.11. The Morgan fingerprint density at radius 3 is 2.25 bits per heavy atom. The summed E-state index contributed by atoms with van der Waals surface area (Å²) >= 11 is 11.9. The van der Waals surface area contributed by atoms with Crippen molar-refractivity contribution in [3.63, 3.8) is 0 Å². The molecule has 0 amide bonds. The third kappa shape index (κ3) is 3.75. The minimum atomic E-state index is -3.46. The van der Waals surface area contributed by atoms with Crippen LogP contribution in [0, 0.1) is 0 Å². The molecular formula is C12H19Cl2N3O2S. The largest absolute Gasteiger partial charge is 0.362 e. The van der Waals surface area contributed by atoms with Gasteiger partial charge in [-0.15, -0.1) is 23.2 Å². The Balaban J connectivity index is 2.98. The molecule has 114 valence electrons. The molecule has 0 saturated heterocycles. The van der Waals surface area contributed by atoms with E-state index in [1.165, 1.54) is 26.4 Å². The van der Waals surface area contributed by atoms with Gasteiger partial charge >= 0.3 is 0 Å². The van der Waals surface area contributed by atoms with Gasteiger partial charge in [-0.1, -0.05) is 6.92 Å². The van der Waals surface area contributed by atoms with E-state index < -0.39 is 15.6 Å². The molecule has 1 aromatic rings. The molecule has 0 aliphatic rings. The van der Waals surface area contributed by atoms with Gasteiger partial charge in [0, 0.05) is 32.1 Å². The smallest absolute Gasteiger partial charge is 0.244 e. The zero-order valence-corrected chi connectivity index (χ0v) is 14.1. The van der Waals surface area contributed by atoms with Gasteiger partial charge in [0.15, 0.2) is 0 Å². The maximum absolute atomic E-state index is 11.9. The first-order valence-electron chi connectivity index (χ1n) is 6.10. The van der Waals surface area contributed by atoms with E-state index in [1.807, 2.05) is 6.92 Å². The number of halogens is 2. The highest BCUT2D eigenvalue weighted by Gasteiger charge is 2.26. The van der Waals surface area contributed by atoms with Crippen LogP contribution < -0.4 is 5.32 Å². The lowest BCUT2D eigenvalue weighted by molar-refractivity contribution is 0.520. The predicted molar refractivity (Wildman–Crippen MR) is 83.2 cm³/mol. The predicted octanol–water partition coefficient (Wildman–Crippen LogP) is 2.37. The quantitative estimate of drug-likeness (QED) is 0.774. The Morgan fingerprint density at radius 1 is 1.30 bits per heavy atom. The van der Waals surface area contributed by atoms with Gasteiger partial charge in [-0.05, 0) is 18.6 Å². The van der Waals surface area contributed by atoms with Crippen LogP contribution in [-0.4, -0.2) is 49.1 Å². The molecule has 5 nitrogen and oxygen atoms in total. The lowest BCUT2D eigenvalue weighted by Crippen LogP contribution is -2.42. The van der Waals surface area contributed by atoms with Crippen molar-refractivity contribution in [1.82, 2.24) is 9.29 Å². The summed E-state index contributed by atoms with van der Waals surface area (Å²) in [5, 5.41) is 3.17. The van der Waals surface area contributed by atoms with Gasteiger partial charge in [-0.3, -0.25) is 0 Å². The highest BCUT2D eigenvalue weighted by Crippen LogP contribution is 2.22. The van der Waals surface area contributed by atoms with E-state index in [9.17, 15) is 8.42 Å². The number of alkyl halides is 2. The first kappa shape index (κ1) is 17.5. The molecule has 0 radical (unpaired) electrons. The molecule has 0 saturated carbocycles. The molecule has 20 heavy (non-hydrogen) atoms. The zero-order chi connectivity index (χ0) is 15.4. The van der Waals surface area contributed by atoms with Crippen molar-refractivity contribution in [3.05, 3.63) is 18.3 Å². The van der Waals surface area contributed by atoms with E-state index in [1.54, 1.807) is 6.07 Å². The van der Waals surface area contributed by atoms with Crippen molar-refractivity contribution in [1.29, 1.82) is 0 Å². The molecule has 0 unspecified atom stereocenters. The van der Waals surface area contributed by atoms with E-state index in [4.69, 9.17) is 23.2 Å². The molecule has 0 aromatic carbocycles. The highest BCUT2D eigenvalue weighted by molar-refractivity contribution is 7.89. The van der Waals surface area contributed by atoms with Gasteiger partial charge in [0.05, 0.1) is 5.54 Å². The molecule has 0 bridgehead atoms. The Bertz CT molecular complexity index is 520. The van der Waals surface area contributed by atoms with Gasteiger partial charge in [-0.2, -0.15) is 0 Å². The second kappa shape index (κ2) is 6.93. The van der Waals surface area contributed by atoms with Crippen LogP contribution in [0.1, 0.15) is 13.3 Å². The van der Waals surface area contributed by atoms with Crippen LogP contribution in [0.5, 0.6) is 0 Å². The Labute approximate surface area is 130 Å². The fraction of sp³-hybridized carbons (Fsp3) is 0.583. The summed E-state index contributed by atoms with van der Waals surface area (Å²) in [6.07, 6.45) is 2.06. The number of hydrogen-bond acceptors (Lipinski definition) is 4. The summed E-state index contributed by atoms with van der Waals surface area (Å²) in [5.41, 5.74) is -0.446. The second-order valence-electron chi connectivity index (χ2n) is 4.69. The SMILES string of the molecule is CCC(CCl)(CCl)Nc1ccc(S(=O)(=O)N(C)C)cn1. The van der Waals surface area contributed by atoms with Crippen molar-refractivity contribution in [2.75, 3.05) is 31.2 Å². The number of sulfonamides is 1. The van der Waals surface area contributed by atoms with Crippen molar-refractivity contribution in [3.8, 4) is 0 Å². The minimum absolute atomic E-state index is 0.145. The summed E-state index contributed by atoms with van der Waals surface area (Å²) in [5.74, 6) is 1.23. The maximum Gasteiger partial charge on any atom is 0.244 e. The summed E-state index contributed by atoms with van der Waals surface area (Å²) in [4.78, 5) is 4.27. The second-order valence-corrected chi connectivity index (χ2v) is 7.38. The average Bonchev–Trinajstić information content (AvgIpc) is 2.45. The molecule has 0 fully saturated rings. The number of aromatic nitrogens is 1. The number of rotatable bonds is 7. The summed E-state index contributed by atoms with van der Waals surface area (Å²) in [7, 11) is -0.510. The summed E-state index contributed by atoms with van der Waals surface area (Å²) in [6.45, 7) is 1.97. The zero-order valence-electron chi connectivity index (χ0n) is 11.7. The maximum atomic E-state index is 11.9. The van der Waals surface area contributed by atoms with Crippen LogP contribution in [0.2, 0.25) is 0 Å². The first-order chi connectivity index (χ1) is 9.31. The third-order valence-electron chi connectivity index (χ3n) is 3.10. The minimum Gasteiger partial charge on any atom is -0.362 e. The molecule has 8 heteroatoms. The van der Waals surface area contributed by atoms with Crippen LogP contribution in [0.3, 0.4) is 0 Å². The number of hydrogen-bond donors (Lipinski definition) is 1. The summed E-state index contributed by atoms with van der Waals surface area (Å²) < 4.78 is 25.0. The van der Waals surface area contributed by atoms with E-state index in [0.717, 1.165) is 10.7 Å². The number of nitrogens with one attached hydrogen (secondary N) is 1. The van der Waals surface area contributed by atoms with E-state index in [2.05, 4.69) is 10.3 Å². The van der Waals surface area contributed by atoms with Gasteiger partial charge in [0.1, 0.15) is 10.7 Å². The van der Waals surface area contributed by atoms with Crippen LogP contribution in [0.4, 0.5) is 5.82 Å². The fourth-order valence-electron chi connectivity index (χ4n) is 1.47. The number of anilines is 1. The van der Waals surface area contributed by atoms with Crippen LogP contribution in [-0.2, 0) is 10.0 Å². The van der Waals surface area contributed by atoms with Gasteiger partial charge in [0.2, 0.25) is 10.0 Å². The normalized spacial score (nSPS) is 12.7. The van der Waals surface area contributed by atoms with Crippen molar-refractivity contribution in [2.24, 2.45) is 0 Å². The molecule has 0 atom stereocenters. The van der Waals surface area contributed by atoms with Gasteiger partial charge < -0.3 is 5.32 Å². The molecule has 0 aliphatic carbocycles. The first-order valence-corrected chi connectivity index (χ1v) is 8.61. The van der Waals surface area contributed by atoms with Crippen LogP contribution in [0.15, 0.2) is 23.2 Å². The standard InChI is InChI=1S/C12H19Cl2N3O2S/c1-4-12(8-13,9-14)16-11-6-5-10(7-15-11)20(18,19)17(2)3/h5-7H,4,8-9H2,1-3H3,(H,15,16). The monoisotopic (exact) mass is 339 g/mol. The Morgan fingerprint density at radius 2 is 1.90 bits per heavy atom. The van der Waals surface area contributed by atoms with Gasteiger partial charge in [-0.25, -0.2) is 17.7 Å². The molecule has 0 spiro atoms. The molecule has 0 aliphatic heterocycles. The van der Waals surface area contributed by atoms with E-state index in [-0.39, 0.29) is 4.90 Å². The van der Waals surface area contributed by atoms with E-state index in [0.29, 0.717) is 17.6 Å². The van der Waals surface area contributed by atoms with Crippen molar-refractivity contribution in [2.45, 2.75) is 23.8 Å². The van der Waals surface area contributed by atoms with E-state index >= 15 is 0 Å². The van der Waals surface area contributed by atoms with Crippen LogP contribution >= 0.6 is 23.2 Å². The summed E-state index contributed by atoms with van der Waals surface area (Å²) in [6, 6.07) is 3.12. The highest BCUT2D eigenvalue weighted by atomic mass is 35.5. The lowest BCUT2D eigenvalue weighted by atomic mass is 10.0. The van der Waals surface area contributed by atoms with Crippen molar-refractivity contribution < 1.29 is 8.42 Å². The topological polar surface area (TPSA) is 62.3 Å². The van der Waals surface area contributed by atoms with Gasteiger partial charge in [0.25, 0.3) is 0 Å². The van der Waals surface area contributed by atoms with Crippen molar-refractivity contribution >= 4 is 39.0 Å². The third-order valence-corrected chi connectivity index (χ3v) is 5.92. The molecule has 1 N–H and O–H groups in total. The average molecular weight is 340 g/mol. The molecular weight excluding hydrogens is 321 g/mol. The van der Waals surface area contributed by atoms with Crippen LogP contribution in [0.25, 0.3) is 0 Å². The molecule has 1 aromatic heterocycles. The Hall–Kier alpha value is -0.560.